The molecule has 0 radical (unpaired) electrons. The monoisotopic (exact) mass is 384 g/mol. The quantitative estimate of drug-likeness (QED) is 0.681. The minimum absolute atomic E-state index is 0.0313. The first kappa shape index (κ1) is 19.9. The predicted octanol–water partition coefficient (Wildman–Crippen LogP) is 2.64. The van der Waals surface area contributed by atoms with Crippen LogP contribution < -0.4 is 5.32 Å². The second kappa shape index (κ2) is 8.06. The van der Waals surface area contributed by atoms with Crippen LogP contribution in [-0.2, 0) is 16.1 Å². The second-order valence-corrected chi connectivity index (χ2v) is 7.36. The van der Waals surface area contributed by atoms with Crippen molar-refractivity contribution in [1.29, 1.82) is 0 Å². The number of hydrogen-bond donors (Lipinski definition) is 1. The van der Waals surface area contributed by atoms with Crippen LogP contribution in [0.4, 0.5) is 0 Å². The Morgan fingerprint density at radius 2 is 1.89 bits per heavy atom. The summed E-state index contributed by atoms with van der Waals surface area (Å²) in [4.78, 5) is 26.2. The maximum atomic E-state index is 12.9. The van der Waals surface area contributed by atoms with Crippen molar-refractivity contribution in [2.24, 2.45) is 0 Å². The van der Waals surface area contributed by atoms with E-state index in [4.69, 9.17) is 4.74 Å². The Morgan fingerprint density at radius 1 is 1.18 bits per heavy atom. The van der Waals surface area contributed by atoms with Gasteiger partial charge in [-0.15, -0.1) is 0 Å². The Bertz CT molecular complexity index is 1010. The largest absolute Gasteiger partial charge is 0.383 e. The molecule has 0 spiro atoms. The molecule has 0 saturated heterocycles. The van der Waals surface area contributed by atoms with Crippen LogP contribution in [0.1, 0.15) is 30.4 Å². The number of nitrogens with zero attached hydrogens (tertiary/aromatic N) is 3. The molecule has 1 N–H and O–H groups in total. The summed E-state index contributed by atoms with van der Waals surface area (Å²) in [5.41, 5.74) is 3.71. The minimum atomic E-state index is -0.262. The summed E-state index contributed by atoms with van der Waals surface area (Å²) in [6, 6.07) is 10.4. The number of aromatic nitrogens is 2. The number of methoxy groups -OCH3 is 1. The lowest BCUT2D eigenvalue weighted by Gasteiger charge is -2.13. The van der Waals surface area contributed by atoms with Crippen molar-refractivity contribution < 1.29 is 14.3 Å². The van der Waals surface area contributed by atoms with Gasteiger partial charge in [0.1, 0.15) is 5.69 Å². The maximum Gasteiger partial charge on any atom is 0.268 e. The Kier molecular flexibility index (Phi) is 5.74. The third-order valence-corrected chi connectivity index (χ3v) is 4.92. The Morgan fingerprint density at radius 3 is 2.54 bits per heavy atom. The number of carbonyl (C=O) groups is 2. The predicted molar refractivity (Wildman–Crippen MR) is 111 cm³/mol. The number of amides is 2. The van der Waals surface area contributed by atoms with E-state index in [0.29, 0.717) is 18.8 Å². The fourth-order valence-electron chi connectivity index (χ4n) is 3.58. The van der Waals surface area contributed by atoms with E-state index in [9.17, 15) is 9.59 Å². The van der Waals surface area contributed by atoms with Crippen molar-refractivity contribution >= 4 is 33.8 Å². The Labute approximate surface area is 164 Å². The molecule has 0 bridgehead atoms. The third kappa shape index (κ3) is 3.49. The van der Waals surface area contributed by atoms with Crippen molar-refractivity contribution in [2.45, 2.75) is 26.4 Å². The number of ether oxygens (including phenoxy) is 1. The number of fused-ring (bicyclic) bond motifs is 3. The van der Waals surface area contributed by atoms with Crippen molar-refractivity contribution in [3.8, 4) is 0 Å². The van der Waals surface area contributed by atoms with Crippen LogP contribution in [-0.4, -0.2) is 60.2 Å². The number of para-hydroxylation sites is 1. The molecule has 7 heteroatoms. The molecule has 0 aliphatic rings. The standard InChI is InChI=1S/C21H28N4O3/c1-14(2)25-16-9-7-6-8-15(16)20-17(25)12-18(24(20)10-11-28-5)21(27)22-13-19(26)23(3)4/h6-9,12,14H,10-11,13H2,1-5H3,(H,22,27). The highest BCUT2D eigenvalue weighted by Gasteiger charge is 2.23. The lowest BCUT2D eigenvalue weighted by Crippen LogP contribution is -2.37. The van der Waals surface area contributed by atoms with Gasteiger partial charge in [0.25, 0.3) is 5.91 Å². The van der Waals surface area contributed by atoms with Crippen LogP contribution in [0.15, 0.2) is 30.3 Å². The third-order valence-electron chi connectivity index (χ3n) is 4.92. The number of hydrogen-bond acceptors (Lipinski definition) is 3. The normalized spacial score (nSPS) is 11.5. The number of rotatable bonds is 7. The number of carbonyl (C=O) groups excluding carboxylic acids is 2. The van der Waals surface area contributed by atoms with Crippen molar-refractivity contribution in [3.05, 3.63) is 36.0 Å². The molecule has 28 heavy (non-hydrogen) atoms. The Hall–Kier alpha value is -2.80. The molecule has 0 aliphatic carbocycles. The first-order valence-corrected chi connectivity index (χ1v) is 9.46. The minimum Gasteiger partial charge on any atom is -0.383 e. The highest BCUT2D eigenvalue weighted by molar-refractivity contribution is 6.10. The van der Waals surface area contributed by atoms with Gasteiger partial charge >= 0.3 is 0 Å². The van der Waals surface area contributed by atoms with E-state index in [1.165, 1.54) is 4.90 Å². The number of benzene rings is 1. The van der Waals surface area contributed by atoms with Gasteiger partial charge in [-0.05, 0) is 26.0 Å². The first-order chi connectivity index (χ1) is 13.4. The van der Waals surface area contributed by atoms with Crippen molar-refractivity contribution in [3.63, 3.8) is 0 Å². The highest BCUT2D eigenvalue weighted by atomic mass is 16.5. The molecule has 3 rings (SSSR count). The average Bonchev–Trinajstić information content (AvgIpc) is 3.18. The molecular weight excluding hydrogens is 356 g/mol. The van der Waals surface area contributed by atoms with E-state index < -0.39 is 0 Å². The van der Waals surface area contributed by atoms with Crippen LogP contribution in [0, 0.1) is 0 Å². The van der Waals surface area contributed by atoms with Gasteiger partial charge in [0, 0.05) is 39.2 Å². The van der Waals surface area contributed by atoms with Gasteiger partial charge in [0.2, 0.25) is 5.91 Å². The molecule has 150 valence electrons. The summed E-state index contributed by atoms with van der Waals surface area (Å²) in [6.07, 6.45) is 0. The zero-order chi connectivity index (χ0) is 20.4. The molecule has 0 unspecified atom stereocenters. The first-order valence-electron chi connectivity index (χ1n) is 9.46. The molecule has 0 saturated carbocycles. The lowest BCUT2D eigenvalue weighted by molar-refractivity contribution is -0.127. The highest BCUT2D eigenvalue weighted by Crippen LogP contribution is 2.34. The van der Waals surface area contributed by atoms with Gasteiger partial charge in [-0.1, -0.05) is 18.2 Å². The van der Waals surface area contributed by atoms with Gasteiger partial charge in [-0.25, -0.2) is 0 Å². The van der Waals surface area contributed by atoms with Crippen LogP contribution in [0.3, 0.4) is 0 Å². The van der Waals surface area contributed by atoms with Gasteiger partial charge in [0.05, 0.1) is 29.7 Å². The number of likely N-dealkylation sites (N-methyl/N-ethyl adjacent to an activating group) is 1. The zero-order valence-corrected chi connectivity index (χ0v) is 17.2. The molecule has 2 amide bonds. The average molecular weight is 384 g/mol. The SMILES string of the molecule is COCCn1c(C(=O)NCC(=O)N(C)C)cc2c1c1ccccc1n2C(C)C. The van der Waals surface area contributed by atoms with Gasteiger partial charge in [-0.2, -0.15) is 0 Å². The fourth-order valence-corrected chi connectivity index (χ4v) is 3.58. The summed E-state index contributed by atoms with van der Waals surface area (Å²) in [7, 11) is 4.98. The molecule has 1 aromatic carbocycles. The van der Waals surface area contributed by atoms with Crippen LogP contribution in [0.25, 0.3) is 21.9 Å². The van der Waals surface area contributed by atoms with Crippen LogP contribution >= 0.6 is 0 Å². The lowest BCUT2D eigenvalue weighted by atomic mass is 10.2. The van der Waals surface area contributed by atoms with E-state index in [2.05, 4.69) is 35.9 Å². The van der Waals surface area contributed by atoms with E-state index in [0.717, 1.165) is 21.9 Å². The van der Waals surface area contributed by atoms with Crippen molar-refractivity contribution in [2.75, 3.05) is 34.4 Å². The molecule has 7 nitrogen and oxygen atoms in total. The Balaban J connectivity index is 2.13. The summed E-state index contributed by atoms with van der Waals surface area (Å²) in [5, 5.41) is 3.85. The molecule has 0 atom stereocenters. The van der Waals surface area contributed by atoms with Gasteiger partial charge in [-0.3, -0.25) is 9.59 Å². The van der Waals surface area contributed by atoms with Crippen LogP contribution in [0.5, 0.6) is 0 Å². The molecule has 2 aromatic heterocycles. The topological polar surface area (TPSA) is 68.5 Å². The van der Waals surface area contributed by atoms with E-state index in [1.54, 1.807) is 21.2 Å². The number of nitrogens with one attached hydrogen (secondary N) is 1. The molecule has 2 heterocycles. The molecular formula is C21H28N4O3. The summed E-state index contributed by atoms with van der Waals surface area (Å²) in [6.45, 7) is 5.27. The zero-order valence-electron chi connectivity index (χ0n) is 17.2. The van der Waals surface area contributed by atoms with E-state index >= 15 is 0 Å². The summed E-state index contributed by atoms with van der Waals surface area (Å²) < 4.78 is 9.52. The summed E-state index contributed by atoms with van der Waals surface area (Å²) in [5.74, 6) is -0.410. The van der Waals surface area contributed by atoms with Crippen LogP contribution in [0.2, 0.25) is 0 Å². The van der Waals surface area contributed by atoms with E-state index in [-0.39, 0.29) is 24.4 Å². The van der Waals surface area contributed by atoms with Gasteiger partial charge in [0.15, 0.2) is 0 Å². The van der Waals surface area contributed by atoms with Gasteiger partial charge < -0.3 is 24.1 Å². The second-order valence-electron chi connectivity index (χ2n) is 7.36. The fraction of sp³-hybridized carbons (Fsp3) is 0.429. The molecule has 0 fully saturated rings. The summed E-state index contributed by atoms with van der Waals surface area (Å²) >= 11 is 0. The van der Waals surface area contributed by atoms with E-state index in [1.807, 2.05) is 22.8 Å². The maximum absolute atomic E-state index is 12.9. The van der Waals surface area contributed by atoms with Crippen molar-refractivity contribution in [1.82, 2.24) is 19.4 Å². The molecule has 3 aromatic rings. The smallest absolute Gasteiger partial charge is 0.268 e. The molecule has 0 aliphatic heterocycles.